The number of anilines is 1. The van der Waals surface area contributed by atoms with Crippen LogP contribution in [0.25, 0.3) is 22.3 Å². The van der Waals surface area contributed by atoms with Crippen LogP contribution in [0.3, 0.4) is 0 Å². The van der Waals surface area contributed by atoms with Crippen molar-refractivity contribution in [2.45, 2.75) is 6.92 Å². The van der Waals surface area contributed by atoms with Crippen molar-refractivity contribution in [2.75, 3.05) is 36.1 Å². The van der Waals surface area contributed by atoms with Crippen LogP contribution in [0.1, 0.15) is 17.3 Å². The number of rotatable bonds is 4. The molecule has 9 heteroatoms. The number of esters is 1. The number of H-pyrrole nitrogens is 1. The summed E-state index contributed by atoms with van der Waals surface area (Å²) in [7, 11) is -2.92. The van der Waals surface area contributed by atoms with Crippen LogP contribution in [0.15, 0.2) is 36.8 Å². The Balaban J connectivity index is 1.67. The van der Waals surface area contributed by atoms with Gasteiger partial charge in [0, 0.05) is 30.5 Å². The number of carbonyl (C=O) groups is 1. The molecule has 4 rings (SSSR count). The SMILES string of the molecule is CCOC(=O)c1c[nH]c2ncnc(-c3ccc(N4CCS(=O)(=O)CC4)cc3)c12. The summed E-state index contributed by atoms with van der Waals surface area (Å²) in [4.78, 5) is 25.9. The van der Waals surface area contributed by atoms with Crippen LogP contribution < -0.4 is 4.90 Å². The summed E-state index contributed by atoms with van der Waals surface area (Å²) >= 11 is 0. The first kappa shape index (κ1) is 18.4. The molecule has 1 aromatic carbocycles. The molecule has 28 heavy (non-hydrogen) atoms. The molecule has 1 aliphatic rings. The second kappa shape index (κ2) is 7.23. The van der Waals surface area contributed by atoms with Gasteiger partial charge in [0.05, 0.1) is 34.8 Å². The van der Waals surface area contributed by atoms with Gasteiger partial charge in [0.2, 0.25) is 0 Å². The van der Waals surface area contributed by atoms with Gasteiger partial charge in [-0.2, -0.15) is 0 Å². The van der Waals surface area contributed by atoms with Crippen LogP contribution in [0.4, 0.5) is 5.69 Å². The van der Waals surface area contributed by atoms with Gasteiger partial charge in [0.25, 0.3) is 0 Å². The highest BCUT2D eigenvalue weighted by Gasteiger charge is 2.22. The van der Waals surface area contributed by atoms with Crippen LogP contribution >= 0.6 is 0 Å². The number of fused-ring (bicyclic) bond motifs is 1. The fraction of sp³-hybridized carbons (Fsp3) is 0.316. The van der Waals surface area contributed by atoms with E-state index in [1.165, 1.54) is 6.33 Å². The quantitative estimate of drug-likeness (QED) is 0.668. The van der Waals surface area contributed by atoms with E-state index in [1.54, 1.807) is 13.1 Å². The molecule has 3 heterocycles. The zero-order valence-corrected chi connectivity index (χ0v) is 16.2. The largest absolute Gasteiger partial charge is 0.462 e. The monoisotopic (exact) mass is 400 g/mol. The maximum atomic E-state index is 12.3. The number of nitrogens with zero attached hydrogens (tertiary/aromatic N) is 3. The average molecular weight is 400 g/mol. The van der Waals surface area contributed by atoms with Crippen molar-refractivity contribution in [1.82, 2.24) is 15.0 Å². The first-order valence-corrected chi connectivity index (χ1v) is 10.9. The molecule has 8 nitrogen and oxygen atoms in total. The van der Waals surface area contributed by atoms with Crippen LogP contribution in [-0.2, 0) is 14.6 Å². The zero-order valence-electron chi connectivity index (χ0n) is 15.4. The van der Waals surface area contributed by atoms with E-state index >= 15 is 0 Å². The lowest BCUT2D eigenvalue weighted by molar-refractivity contribution is 0.0528. The second-order valence-corrected chi connectivity index (χ2v) is 8.86. The van der Waals surface area contributed by atoms with Gasteiger partial charge in [-0.05, 0) is 19.1 Å². The lowest BCUT2D eigenvalue weighted by atomic mass is 10.1. The van der Waals surface area contributed by atoms with Gasteiger partial charge >= 0.3 is 5.97 Å². The number of aromatic amines is 1. The van der Waals surface area contributed by atoms with Crippen LogP contribution in [0.2, 0.25) is 0 Å². The molecular weight excluding hydrogens is 380 g/mol. The lowest BCUT2D eigenvalue weighted by Crippen LogP contribution is -2.40. The number of nitrogens with one attached hydrogen (secondary N) is 1. The average Bonchev–Trinajstić information content (AvgIpc) is 3.13. The molecule has 0 bridgehead atoms. The van der Waals surface area contributed by atoms with E-state index in [0.29, 0.717) is 35.4 Å². The summed E-state index contributed by atoms with van der Waals surface area (Å²) in [5, 5.41) is 0.623. The standard InChI is InChI=1S/C19H20N4O4S/c1-2-27-19(24)15-11-20-18-16(15)17(21-12-22-18)13-3-5-14(6-4-13)23-7-9-28(25,26)10-8-23/h3-6,11-12H,2,7-10H2,1H3,(H,20,21,22). The van der Waals surface area contributed by atoms with E-state index < -0.39 is 15.8 Å². The third-order valence-electron chi connectivity index (χ3n) is 4.82. The predicted octanol–water partition coefficient (Wildman–Crippen LogP) is 2.04. The molecule has 0 unspecified atom stereocenters. The van der Waals surface area contributed by atoms with Crippen LogP contribution in [0, 0.1) is 0 Å². The van der Waals surface area contributed by atoms with E-state index in [0.717, 1.165) is 11.3 Å². The van der Waals surface area contributed by atoms with Gasteiger partial charge in [-0.15, -0.1) is 0 Å². The number of benzene rings is 1. The number of aromatic nitrogens is 3. The third kappa shape index (κ3) is 3.45. The Bertz CT molecular complexity index is 1110. The van der Waals surface area contributed by atoms with E-state index in [-0.39, 0.29) is 18.1 Å². The number of hydrogen-bond donors (Lipinski definition) is 1. The highest BCUT2D eigenvalue weighted by atomic mass is 32.2. The summed E-state index contributed by atoms with van der Waals surface area (Å²) in [6.45, 7) is 3.03. The zero-order chi connectivity index (χ0) is 19.7. The van der Waals surface area contributed by atoms with Crippen LogP contribution in [0.5, 0.6) is 0 Å². The Morgan fingerprint density at radius 3 is 2.57 bits per heavy atom. The molecule has 1 fully saturated rings. The highest BCUT2D eigenvalue weighted by molar-refractivity contribution is 7.91. The Morgan fingerprint density at radius 1 is 1.18 bits per heavy atom. The number of carbonyl (C=O) groups excluding carboxylic acids is 1. The molecule has 1 aliphatic heterocycles. The van der Waals surface area contributed by atoms with Crippen molar-refractivity contribution >= 4 is 32.5 Å². The van der Waals surface area contributed by atoms with Crippen molar-refractivity contribution in [2.24, 2.45) is 0 Å². The summed E-state index contributed by atoms with van der Waals surface area (Å²) < 4.78 is 28.4. The van der Waals surface area contributed by atoms with Gasteiger partial charge in [0.15, 0.2) is 9.84 Å². The van der Waals surface area contributed by atoms with Crippen molar-refractivity contribution in [3.63, 3.8) is 0 Å². The fourth-order valence-corrected chi connectivity index (χ4v) is 4.55. The normalized spacial score (nSPS) is 16.2. The van der Waals surface area contributed by atoms with Gasteiger partial charge in [-0.1, -0.05) is 12.1 Å². The van der Waals surface area contributed by atoms with E-state index in [2.05, 4.69) is 19.9 Å². The molecule has 0 radical (unpaired) electrons. The van der Waals surface area contributed by atoms with Gasteiger partial charge in [0.1, 0.15) is 12.0 Å². The molecule has 0 saturated carbocycles. The van der Waals surface area contributed by atoms with E-state index in [9.17, 15) is 13.2 Å². The second-order valence-electron chi connectivity index (χ2n) is 6.55. The molecule has 1 N–H and O–H groups in total. The van der Waals surface area contributed by atoms with Gasteiger partial charge in [-0.3, -0.25) is 0 Å². The topological polar surface area (TPSA) is 105 Å². The molecule has 0 amide bonds. The lowest BCUT2D eigenvalue weighted by Gasteiger charge is -2.28. The fourth-order valence-electron chi connectivity index (χ4n) is 3.35. The summed E-state index contributed by atoms with van der Waals surface area (Å²) in [6.07, 6.45) is 3.04. The van der Waals surface area contributed by atoms with Gasteiger partial charge in [-0.25, -0.2) is 23.2 Å². The number of ether oxygens (including phenoxy) is 1. The molecule has 3 aromatic rings. The Kier molecular flexibility index (Phi) is 4.76. The number of sulfone groups is 1. The van der Waals surface area contributed by atoms with Crippen molar-refractivity contribution in [1.29, 1.82) is 0 Å². The molecule has 2 aromatic heterocycles. The highest BCUT2D eigenvalue weighted by Crippen LogP contribution is 2.30. The molecule has 0 atom stereocenters. The van der Waals surface area contributed by atoms with Crippen LogP contribution in [-0.4, -0.2) is 60.5 Å². The van der Waals surface area contributed by atoms with E-state index in [4.69, 9.17) is 4.74 Å². The number of hydrogen-bond acceptors (Lipinski definition) is 7. The molecular formula is C19H20N4O4S. The minimum Gasteiger partial charge on any atom is -0.462 e. The Labute approximate surface area is 162 Å². The van der Waals surface area contributed by atoms with Gasteiger partial charge < -0.3 is 14.6 Å². The van der Waals surface area contributed by atoms with Crippen molar-refractivity contribution in [3.8, 4) is 11.3 Å². The first-order chi connectivity index (χ1) is 13.5. The maximum Gasteiger partial charge on any atom is 0.340 e. The molecule has 0 spiro atoms. The third-order valence-corrected chi connectivity index (χ3v) is 6.42. The summed E-state index contributed by atoms with van der Waals surface area (Å²) in [5.74, 6) is -0.0721. The predicted molar refractivity (Wildman–Crippen MR) is 106 cm³/mol. The smallest absolute Gasteiger partial charge is 0.340 e. The van der Waals surface area contributed by atoms with Crippen molar-refractivity contribution < 1.29 is 17.9 Å². The summed E-state index contributed by atoms with van der Waals surface area (Å²) in [5.41, 5.74) is 3.41. The molecule has 1 saturated heterocycles. The Morgan fingerprint density at radius 2 is 1.89 bits per heavy atom. The summed E-state index contributed by atoms with van der Waals surface area (Å²) in [6, 6.07) is 7.72. The maximum absolute atomic E-state index is 12.3. The Hall–Kier alpha value is -2.94. The minimum absolute atomic E-state index is 0.174. The molecule has 0 aliphatic carbocycles. The minimum atomic E-state index is -2.92. The van der Waals surface area contributed by atoms with Crippen molar-refractivity contribution in [3.05, 3.63) is 42.4 Å². The van der Waals surface area contributed by atoms with E-state index in [1.807, 2.05) is 24.3 Å². The molecule has 146 valence electrons. The first-order valence-electron chi connectivity index (χ1n) is 9.03.